The molecule has 1 unspecified atom stereocenters. The average molecular weight is 437 g/mol. The highest BCUT2D eigenvalue weighted by Gasteiger charge is 2.26. The van der Waals surface area contributed by atoms with Gasteiger partial charge in [-0.15, -0.1) is 0 Å². The third-order valence-corrected chi connectivity index (χ3v) is 5.51. The van der Waals surface area contributed by atoms with E-state index in [4.69, 9.17) is 0 Å². The van der Waals surface area contributed by atoms with E-state index in [1.807, 2.05) is 43.3 Å². The van der Waals surface area contributed by atoms with Crippen LogP contribution in [-0.4, -0.2) is 43.4 Å². The number of rotatable bonds is 10. The Morgan fingerprint density at radius 3 is 2.38 bits per heavy atom. The van der Waals surface area contributed by atoms with Crippen LogP contribution in [-0.2, 0) is 13.0 Å². The lowest BCUT2D eigenvalue weighted by Crippen LogP contribution is -2.15. The van der Waals surface area contributed by atoms with Crippen molar-refractivity contribution in [1.29, 1.82) is 0 Å². The van der Waals surface area contributed by atoms with E-state index in [-0.39, 0.29) is 24.4 Å². The molecule has 0 bridgehead atoms. The lowest BCUT2D eigenvalue weighted by atomic mass is 9.97. The van der Waals surface area contributed by atoms with Crippen molar-refractivity contribution in [3.8, 4) is 11.1 Å². The van der Waals surface area contributed by atoms with Crippen molar-refractivity contribution in [2.24, 2.45) is 0 Å². The third-order valence-electron chi connectivity index (χ3n) is 5.51. The lowest BCUT2D eigenvalue weighted by molar-refractivity contribution is 0.0676. The minimum Gasteiger partial charge on any atom is -0.478 e. The number of carbonyl (C=O) groups is 2. The van der Waals surface area contributed by atoms with E-state index in [1.165, 1.54) is 0 Å². The molecule has 0 saturated heterocycles. The van der Waals surface area contributed by atoms with E-state index >= 15 is 0 Å². The maximum absolute atomic E-state index is 12.1. The molecule has 3 N–H and O–H groups in total. The summed E-state index contributed by atoms with van der Waals surface area (Å²) in [6, 6.07) is 14.4. The molecule has 0 amide bonds. The molecule has 0 aliphatic rings. The SMILES string of the molecule is CCCCc1nc(C(C)CO)c(C(=O)O)n1Cc1ccc(-c2ccccc2)c(C(=O)O)c1. The number of hydrogen-bond acceptors (Lipinski definition) is 4. The number of aromatic carboxylic acids is 2. The van der Waals surface area contributed by atoms with Gasteiger partial charge in [-0.25, -0.2) is 14.6 Å². The monoisotopic (exact) mass is 436 g/mol. The molecular formula is C25H28N2O5. The molecule has 0 fully saturated rings. The topological polar surface area (TPSA) is 113 Å². The predicted octanol–water partition coefficient (Wildman–Crippen LogP) is 4.43. The van der Waals surface area contributed by atoms with E-state index in [9.17, 15) is 24.9 Å². The van der Waals surface area contributed by atoms with Gasteiger partial charge in [0.1, 0.15) is 5.82 Å². The zero-order chi connectivity index (χ0) is 23.3. The van der Waals surface area contributed by atoms with Gasteiger partial charge in [-0.2, -0.15) is 0 Å². The molecule has 0 radical (unpaired) electrons. The zero-order valence-corrected chi connectivity index (χ0v) is 18.3. The quantitative estimate of drug-likeness (QED) is 0.433. The van der Waals surface area contributed by atoms with Gasteiger partial charge >= 0.3 is 11.9 Å². The second-order valence-electron chi connectivity index (χ2n) is 7.89. The first-order valence-electron chi connectivity index (χ1n) is 10.7. The number of carboxylic acids is 2. The van der Waals surface area contributed by atoms with Crippen LogP contribution in [0.2, 0.25) is 0 Å². The van der Waals surface area contributed by atoms with Crippen molar-refractivity contribution in [2.45, 2.75) is 45.6 Å². The lowest BCUT2D eigenvalue weighted by Gasteiger charge is -2.14. The molecule has 1 aromatic heterocycles. The van der Waals surface area contributed by atoms with Crippen molar-refractivity contribution in [3.05, 3.63) is 76.9 Å². The molecular weight excluding hydrogens is 408 g/mol. The highest BCUT2D eigenvalue weighted by molar-refractivity contribution is 5.96. The Balaban J connectivity index is 2.09. The smallest absolute Gasteiger partial charge is 0.354 e. The molecule has 168 valence electrons. The second-order valence-corrected chi connectivity index (χ2v) is 7.89. The molecule has 2 aromatic carbocycles. The van der Waals surface area contributed by atoms with Crippen LogP contribution < -0.4 is 0 Å². The summed E-state index contributed by atoms with van der Waals surface area (Å²) in [4.78, 5) is 28.7. The van der Waals surface area contributed by atoms with E-state index in [2.05, 4.69) is 4.98 Å². The van der Waals surface area contributed by atoms with Gasteiger partial charge in [-0.3, -0.25) is 0 Å². The summed E-state index contributed by atoms with van der Waals surface area (Å²) in [5, 5.41) is 29.3. The van der Waals surface area contributed by atoms with Crippen molar-refractivity contribution in [2.75, 3.05) is 6.61 Å². The molecule has 0 spiro atoms. The van der Waals surface area contributed by atoms with Gasteiger partial charge in [0.2, 0.25) is 0 Å². The summed E-state index contributed by atoms with van der Waals surface area (Å²) in [6.07, 6.45) is 2.37. The van der Waals surface area contributed by atoms with Crippen molar-refractivity contribution < 1.29 is 24.9 Å². The van der Waals surface area contributed by atoms with Gasteiger partial charge in [-0.05, 0) is 29.2 Å². The Kier molecular flexibility index (Phi) is 7.43. The number of carboxylic acid groups (broad SMARTS) is 2. The summed E-state index contributed by atoms with van der Waals surface area (Å²) in [5.74, 6) is -1.95. The molecule has 32 heavy (non-hydrogen) atoms. The van der Waals surface area contributed by atoms with Crippen LogP contribution >= 0.6 is 0 Å². The largest absolute Gasteiger partial charge is 0.478 e. The number of nitrogens with zero attached hydrogens (tertiary/aromatic N) is 2. The van der Waals surface area contributed by atoms with Crippen molar-refractivity contribution in [1.82, 2.24) is 9.55 Å². The first kappa shape index (κ1) is 23.2. The van der Waals surface area contributed by atoms with Crippen LogP contribution in [0.5, 0.6) is 0 Å². The van der Waals surface area contributed by atoms with Gasteiger partial charge in [0.15, 0.2) is 5.69 Å². The molecule has 0 aliphatic heterocycles. The molecule has 3 rings (SSSR count). The van der Waals surface area contributed by atoms with Gasteiger partial charge < -0.3 is 19.9 Å². The van der Waals surface area contributed by atoms with E-state index in [0.717, 1.165) is 18.4 Å². The van der Waals surface area contributed by atoms with Crippen LogP contribution in [0.1, 0.15) is 70.5 Å². The van der Waals surface area contributed by atoms with Crippen LogP contribution in [0.25, 0.3) is 11.1 Å². The third kappa shape index (κ3) is 4.89. The first-order valence-corrected chi connectivity index (χ1v) is 10.7. The maximum Gasteiger partial charge on any atom is 0.354 e. The number of aromatic nitrogens is 2. The summed E-state index contributed by atoms with van der Waals surface area (Å²) in [5.41, 5.74) is 2.62. The Labute approximate surface area is 187 Å². The highest BCUT2D eigenvalue weighted by atomic mass is 16.4. The molecule has 7 heteroatoms. The second kappa shape index (κ2) is 10.2. The van der Waals surface area contributed by atoms with Crippen LogP contribution in [0, 0.1) is 0 Å². The fourth-order valence-electron chi connectivity index (χ4n) is 3.79. The van der Waals surface area contributed by atoms with E-state index in [1.54, 1.807) is 23.6 Å². The fraction of sp³-hybridized carbons (Fsp3) is 0.320. The fourth-order valence-corrected chi connectivity index (χ4v) is 3.79. The normalized spacial score (nSPS) is 12.0. The van der Waals surface area contributed by atoms with Crippen molar-refractivity contribution in [3.63, 3.8) is 0 Å². The van der Waals surface area contributed by atoms with Crippen LogP contribution in [0.15, 0.2) is 48.5 Å². The number of aliphatic hydroxyl groups is 1. The molecule has 1 heterocycles. The van der Waals surface area contributed by atoms with Gasteiger partial charge in [0.05, 0.1) is 17.9 Å². The highest BCUT2D eigenvalue weighted by Crippen LogP contribution is 2.27. The summed E-state index contributed by atoms with van der Waals surface area (Å²) in [6.45, 7) is 3.75. The molecule has 1 atom stereocenters. The van der Waals surface area contributed by atoms with Crippen molar-refractivity contribution >= 4 is 11.9 Å². The van der Waals surface area contributed by atoms with Crippen LogP contribution in [0.4, 0.5) is 0 Å². The predicted molar refractivity (Wildman–Crippen MR) is 121 cm³/mol. The summed E-state index contributed by atoms with van der Waals surface area (Å²) < 4.78 is 1.64. The minimum atomic E-state index is -1.12. The Morgan fingerprint density at radius 2 is 1.78 bits per heavy atom. The van der Waals surface area contributed by atoms with Gasteiger partial charge in [-0.1, -0.05) is 62.7 Å². The Bertz CT molecular complexity index is 1110. The first-order chi connectivity index (χ1) is 15.4. The molecule has 3 aromatic rings. The number of unbranched alkanes of at least 4 members (excludes halogenated alkanes) is 1. The van der Waals surface area contributed by atoms with Crippen LogP contribution in [0.3, 0.4) is 0 Å². The summed E-state index contributed by atoms with van der Waals surface area (Å²) in [7, 11) is 0. The average Bonchev–Trinajstić information content (AvgIpc) is 3.15. The molecule has 0 saturated carbocycles. The number of hydrogen-bond donors (Lipinski definition) is 3. The molecule has 0 aliphatic carbocycles. The van der Waals surface area contributed by atoms with E-state index < -0.39 is 17.9 Å². The maximum atomic E-state index is 12.1. The molecule has 7 nitrogen and oxygen atoms in total. The number of aliphatic hydroxyl groups excluding tert-OH is 1. The minimum absolute atomic E-state index is 0.0432. The van der Waals surface area contributed by atoms with Gasteiger partial charge in [0.25, 0.3) is 0 Å². The zero-order valence-electron chi connectivity index (χ0n) is 18.3. The summed E-state index contributed by atoms with van der Waals surface area (Å²) >= 11 is 0. The number of aryl methyl sites for hydroxylation is 1. The Morgan fingerprint density at radius 1 is 1.06 bits per heavy atom. The van der Waals surface area contributed by atoms with E-state index in [0.29, 0.717) is 29.1 Å². The standard InChI is InChI=1S/C25H28N2O5/c1-3-4-10-21-26-22(16(2)15-28)23(25(31)32)27(21)14-17-11-12-19(20(13-17)24(29)30)18-8-6-5-7-9-18/h5-9,11-13,16,28H,3-4,10,14-15H2,1-2H3,(H,29,30)(H,31,32). The number of imidazole rings is 1. The number of benzene rings is 2. The van der Waals surface area contributed by atoms with Gasteiger partial charge in [0, 0.05) is 18.9 Å². The Hall–Kier alpha value is -3.45.